The van der Waals surface area contributed by atoms with Crippen LogP contribution in [0.4, 0.5) is 0 Å². The van der Waals surface area contributed by atoms with E-state index in [4.69, 9.17) is 10.2 Å². The molecule has 0 aliphatic carbocycles. The fourth-order valence-electron chi connectivity index (χ4n) is 2.39. The number of likely N-dealkylation sites (tertiary alicyclic amines) is 1. The topological polar surface area (TPSA) is 42.4 Å². The van der Waals surface area contributed by atoms with Crippen molar-refractivity contribution in [2.45, 2.75) is 33.4 Å². The van der Waals surface area contributed by atoms with Crippen LogP contribution in [0.2, 0.25) is 0 Å². The van der Waals surface area contributed by atoms with Gasteiger partial charge in [0.1, 0.15) is 5.76 Å². The van der Waals surface area contributed by atoms with E-state index >= 15 is 0 Å². The summed E-state index contributed by atoms with van der Waals surface area (Å²) in [7, 11) is 0. The molecular formula is C13H22N2O. The summed E-state index contributed by atoms with van der Waals surface area (Å²) in [6.07, 6.45) is 3.09. The third-order valence-corrected chi connectivity index (χ3v) is 3.57. The van der Waals surface area contributed by atoms with Crippen molar-refractivity contribution in [3.8, 4) is 0 Å². The highest BCUT2D eigenvalue weighted by Gasteiger charge is 2.25. The predicted molar refractivity (Wildman–Crippen MR) is 64.8 cm³/mol. The van der Waals surface area contributed by atoms with E-state index in [0.717, 1.165) is 29.7 Å². The van der Waals surface area contributed by atoms with Crippen LogP contribution in [0.25, 0.3) is 0 Å². The molecule has 3 heteroatoms. The number of rotatable bonds is 4. The molecule has 3 nitrogen and oxygen atoms in total. The Morgan fingerprint density at radius 1 is 1.56 bits per heavy atom. The zero-order chi connectivity index (χ0) is 11.5. The Hall–Kier alpha value is -0.800. The molecule has 2 N–H and O–H groups in total. The van der Waals surface area contributed by atoms with Gasteiger partial charge in [0.25, 0.3) is 0 Å². The average molecular weight is 222 g/mol. The summed E-state index contributed by atoms with van der Waals surface area (Å²) < 4.78 is 5.49. The first kappa shape index (κ1) is 11.7. The van der Waals surface area contributed by atoms with E-state index in [1.54, 1.807) is 6.26 Å². The first-order valence-electron chi connectivity index (χ1n) is 6.17. The highest BCUT2D eigenvalue weighted by atomic mass is 16.3. The van der Waals surface area contributed by atoms with E-state index in [9.17, 15) is 0 Å². The monoisotopic (exact) mass is 222 g/mol. The van der Waals surface area contributed by atoms with Gasteiger partial charge in [-0.1, -0.05) is 13.8 Å². The molecule has 0 bridgehead atoms. The van der Waals surface area contributed by atoms with Crippen LogP contribution in [-0.4, -0.2) is 18.0 Å². The Bertz CT molecular complexity index is 332. The first-order chi connectivity index (χ1) is 7.69. The lowest BCUT2D eigenvalue weighted by Gasteiger charge is -2.16. The molecule has 2 rings (SSSR count). The summed E-state index contributed by atoms with van der Waals surface area (Å²) in [6.45, 7) is 8.53. The largest absolute Gasteiger partial charge is 0.468 e. The summed E-state index contributed by atoms with van der Waals surface area (Å²) in [5.74, 6) is 2.69. The van der Waals surface area contributed by atoms with Crippen LogP contribution in [0.15, 0.2) is 16.7 Å². The summed E-state index contributed by atoms with van der Waals surface area (Å²) in [5.41, 5.74) is 6.65. The molecule has 0 aromatic carbocycles. The number of hydrogen-bond donors (Lipinski definition) is 1. The molecule has 1 saturated heterocycles. The fraction of sp³-hybridized carbons (Fsp3) is 0.692. The third-order valence-electron chi connectivity index (χ3n) is 3.57. The van der Waals surface area contributed by atoms with E-state index in [1.165, 1.54) is 19.5 Å². The fourth-order valence-corrected chi connectivity index (χ4v) is 2.39. The molecule has 16 heavy (non-hydrogen) atoms. The van der Waals surface area contributed by atoms with Gasteiger partial charge in [0.05, 0.1) is 12.8 Å². The van der Waals surface area contributed by atoms with E-state index < -0.39 is 0 Å². The average Bonchev–Trinajstić information content (AvgIpc) is 2.87. The number of nitrogens with zero attached hydrogens (tertiary/aromatic N) is 1. The zero-order valence-corrected chi connectivity index (χ0v) is 10.3. The molecule has 1 aliphatic heterocycles. The molecule has 1 aromatic heterocycles. The smallest absolute Gasteiger partial charge is 0.118 e. The van der Waals surface area contributed by atoms with Crippen molar-refractivity contribution in [3.05, 3.63) is 23.7 Å². The zero-order valence-electron chi connectivity index (χ0n) is 10.3. The van der Waals surface area contributed by atoms with Crippen LogP contribution < -0.4 is 5.73 Å². The minimum atomic E-state index is 0.568. The Morgan fingerprint density at radius 2 is 2.38 bits per heavy atom. The van der Waals surface area contributed by atoms with E-state index in [2.05, 4.69) is 24.8 Å². The molecule has 1 aromatic rings. The van der Waals surface area contributed by atoms with Gasteiger partial charge in [-0.2, -0.15) is 0 Å². The standard InChI is InChI=1S/C13H22N2O/c1-10(2)12-3-4-15(7-12)8-13-5-11(6-14)9-16-13/h5,9-10,12H,3-4,6-8,14H2,1-2H3. The molecule has 90 valence electrons. The van der Waals surface area contributed by atoms with Gasteiger partial charge >= 0.3 is 0 Å². The second-order valence-electron chi connectivity index (χ2n) is 5.15. The molecule has 2 heterocycles. The molecule has 1 atom stereocenters. The van der Waals surface area contributed by atoms with Crippen molar-refractivity contribution in [1.29, 1.82) is 0 Å². The first-order valence-corrected chi connectivity index (χ1v) is 6.17. The molecule has 1 aliphatic rings. The van der Waals surface area contributed by atoms with E-state index in [0.29, 0.717) is 6.54 Å². The predicted octanol–water partition coefficient (Wildman–Crippen LogP) is 2.22. The lowest BCUT2D eigenvalue weighted by atomic mass is 9.95. The van der Waals surface area contributed by atoms with Crippen molar-refractivity contribution in [3.63, 3.8) is 0 Å². The highest BCUT2D eigenvalue weighted by molar-refractivity contribution is 5.12. The number of hydrogen-bond acceptors (Lipinski definition) is 3. The van der Waals surface area contributed by atoms with Crippen LogP contribution in [0.3, 0.4) is 0 Å². The van der Waals surface area contributed by atoms with Crippen molar-refractivity contribution >= 4 is 0 Å². The number of furan rings is 1. The SMILES string of the molecule is CC(C)C1CCN(Cc2cc(CN)co2)C1. The van der Waals surface area contributed by atoms with Crippen molar-refractivity contribution in [2.24, 2.45) is 17.6 Å². The van der Waals surface area contributed by atoms with Crippen molar-refractivity contribution < 1.29 is 4.42 Å². The third kappa shape index (κ3) is 2.66. The minimum Gasteiger partial charge on any atom is -0.468 e. The molecule has 1 fully saturated rings. The molecule has 0 spiro atoms. The number of nitrogens with two attached hydrogens (primary N) is 1. The van der Waals surface area contributed by atoms with Gasteiger partial charge in [-0.05, 0) is 30.9 Å². The highest BCUT2D eigenvalue weighted by Crippen LogP contribution is 2.25. The van der Waals surface area contributed by atoms with Gasteiger partial charge in [-0.25, -0.2) is 0 Å². The summed E-state index contributed by atoms with van der Waals surface area (Å²) in [5, 5.41) is 0. The quantitative estimate of drug-likeness (QED) is 0.849. The Labute approximate surface area is 97.6 Å². The second kappa shape index (κ2) is 5.02. The summed E-state index contributed by atoms with van der Waals surface area (Å²) in [4.78, 5) is 2.48. The maximum Gasteiger partial charge on any atom is 0.118 e. The normalized spacial score (nSPS) is 22.1. The Morgan fingerprint density at radius 3 is 2.94 bits per heavy atom. The van der Waals surface area contributed by atoms with Crippen LogP contribution in [-0.2, 0) is 13.1 Å². The molecule has 0 amide bonds. The second-order valence-corrected chi connectivity index (χ2v) is 5.15. The molecule has 0 radical (unpaired) electrons. The maximum atomic E-state index is 5.56. The van der Waals surface area contributed by atoms with E-state index in [1.807, 2.05) is 0 Å². The summed E-state index contributed by atoms with van der Waals surface area (Å²) >= 11 is 0. The van der Waals surface area contributed by atoms with Gasteiger partial charge in [0.2, 0.25) is 0 Å². The van der Waals surface area contributed by atoms with Crippen LogP contribution in [0.5, 0.6) is 0 Å². The van der Waals surface area contributed by atoms with Gasteiger partial charge in [-0.15, -0.1) is 0 Å². The van der Waals surface area contributed by atoms with Gasteiger partial charge in [0.15, 0.2) is 0 Å². The molecule has 0 saturated carbocycles. The Balaban J connectivity index is 1.87. The van der Waals surface area contributed by atoms with Gasteiger partial charge < -0.3 is 10.2 Å². The maximum absolute atomic E-state index is 5.56. The van der Waals surface area contributed by atoms with Gasteiger partial charge in [0, 0.05) is 18.7 Å². The Kier molecular flexibility index (Phi) is 3.66. The van der Waals surface area contributed by atoms with Crippen molar-refractivity contribution in [1.82, 2.24) is 4.90 Å². The minimum absolute atomic E-state index is 0.568. The van der Waals surface area contributed by atoms with E-state index in [-0.39, 0.29) is 0 Å². The van der Waals surface area contributed by atoms with Crippen LogP contribution in [0.1, 0.15) is 31.6 Å². The van der Waals surface area contributed by atoms with Gasteiger partial charge in [-0.3, -0.25) is 4.90 Å². The molecular weight excluding hydrogens is 200 g/mol. The van der Waals surface area contributed by atoms with Crippen LogP contribution >= 0.6 is 0 Å². The van der Waals surface area contributed by atoms with Crippen LogP contribution in [0, 0.1) is 11.8 Å². The summed E-state index contributed by atoms with van der Waals surface area (Å²) in [6, 6.07) is 2.07. The lowest BCUT2D eigenvalue weighted by Crippen LogP contribution is -2.21. The lowest BCUT2D eigenvalue weighted by molar-refractivity contribution is 0.273. The van der Waals surface area contributed by atoms with Crippen molar-refractivity contribution in [2.75, 3.05) is 13.1 Å². The molecule has 1 unspecified atom stereocenters.